The van der Waals surface area contributed by atoms with Crippen LogP contribution < -0.4 is 5.32 Å². The van der Waals surface area contributed by atoms with E-state index in [1.165, 1.54) is 6.07 Å². The Kier molecular flexibility index (Phi) is 4.80. The lowest BCUT2D eigenvalue weighted by Crippen LogP contribution is -2.29. The van der Waals surface area contributed by atoms with E-state index in [0.717, 1.165) is 0 Å². The van der Waals surface area contributed by atoms with E-state index in [9.17, 15) is 9.59 Å². The van der Waals surface area contributed by atoms with E-state index < -0.39 is 18.5 Å². The molecule has 1 aromatic heterocycles. The molecule has 6 nitrogen and oxygen atoms in total. The van der Waals surface area contributed by atoms with Gasteiger partial charge in [-0.2, -0.15) is 5.26 Å². The summed E-state index contributed by atoms with van der Waals surface area (Å²) >= 11 is 5.84. The highest BCUT2D eigenvalue weighted by atomic mass is 35.5. The van der Waals surface area contributed by atoms with Crippen LogP contribution in [0.25, 0.3) is 11.0 Å². The van der Waals surface area contributed by atoms with Gasteiger partial charge in [0.1, 0.15) is 5.58 Å². The van der Waals surface area contributed by atoms with Crippen LogP contribution in [0, 0.1) is 11.3 Å². The minimum Gasteiger partial charge on any atom is -0.450 e. The van der Waals surface area contributed by atoms with Crippen molar-refractivity contribution in [2.75, 3.05) is 13.2 Å². The Bertz CT molecular complexity index is 717. The molecule has 0 radical (unpaired) electrons. The molecule has 2 rings (SSSR count). The summed E-state index contributed by atoms with van der Waals surface area (Å²) in [7, 11) is 0. The van der Waals surface area contributed by atoms with Crippen molar-refractivity contribution in [3.8, 4) is 6.07 Å². The zero-order valence-electron chi connectivity index (χ0n) is 10.9. The van der Waals surface area contributed by atoms with Crippen LogP contribution in [0.4, 0.5) is 0 Å². The van der Waals surface area contributed by atoms with Gasteiger partial charge in [0.15, 0.2) is 6.61 Å². The highest BCUT2D eigenvalue weighted by Gasteiger charge is 2.15. The van der Waals surface area contributed by atoms with Crippen molar-refractivity contribution in [1.29, 1.82) is 5.26 Å². The van der Waals surface area contributed by atoms with Crippen LogP contribution in [-0.4, -0.2) is 25.0 Å². The third kappa shape index (κ3) is 3.97. The van der Waals surface area contributed by atoms with Crippen molar-refractivity contribution < 1.29 is 18.7 Å². The number of benzene rings is 1. The lowest BCUT2D eigenvalue weighted by molar-refractivity contribution is -0.124. The number of hydrogen-bond donors (Lipinski definition) is 1. The van der Waals surface area contributed by atoms with Crippen molar-refractivity contribution in [2.24, 2.45) is 0 Å². The molecule has 1 heterocycles. The van der Waals surface area contributed by atoms with Gasteiger partial charge in [-0.15, -0.1) is 0 Å². The van der Waals surface area contributed by atoms with Crippen molar-refractivity contribution in [2.45, 2.75) is 6.42 Å². The first kappa shape index (κ1) is 14.9. The molecule has 2 aromatic rings. The lowest BCUT2D eigenvalue weighted by Gasteiger charge is -2.03. The minimum absolute atomic E-state index is 0.00269. The van der Waals surface area contributed by atoms with Gasteiger partial charge in [0.25, 0.3) is 5.91 Å². The molecular weight excluding hydrogens is 296 g/mol. The maximum Gasteiger partial charge on any atom is 0.374 e. The highest BCUT2D eigenvalue weighted by molar-refractivity contribution is 6.31. The fourth-order valence-corrected chi connectivity index (χ4v) is 1.81. The van der Waals surface area contributed by atoms with Crippen LogP contribution in [0.1, 0.15) is 17.0 Å². The summed E-state index contributed by atoms with van der Waals surface area (Å²) in [5.41, 5.74) is 0.504. The molecule has 0 saturated carbocycles. The number of halogens is 1. The van der Waals surface area contributed by atoms with E-state index in [0.29, 0.717) is 16.0 Å². The smallest absolute Gasteiger partial charge is 0.374 e. The van der Waals surface area contributed by atoms with Crippen molar-refractivity contribution in [1.82, 2.24) is 5.32 Å². The van der Waals surface area contributed by atoms with Crippen LogP contribution in [0.3, 0.4) is 0 Å². The van der Waals surface area contributed by atoms with Gasteiger partial charge in [-0.05, 0) is 24.3 Å². The second-order valence-corrected chi connectivity index (χ2v) is 4.56. The standard InChI is InChI=1S/C14H11ClN2O4/c15-10-2-3-11-9(6-10)7-12(21-11)14(19)20-8-13(18)17-5-1-4-16/h2-3,6-7H,1,5,8H2,(H,17,18). The molecule has 0 bridgehead atoms. The van der Waals surface area contributed by atoms with Gasteiger partial charge < -0.3 is 14.5 Å². The maximum atomic E-state index is 11.8. The first-order chi connectivity index (χ1) is 10.1. The number of furan rings is 1. The molecule has 1 N–H and O–H groups in total. The SMILES string of the molecule is N#CCCNC(=O)COC(=O)c1cc2cc(Cl)ccc2o1. The number of rotatable bonds is 5. The normalized spacial score (nSPS) is 10.1. The van der Waals surface area contributed by atoms with Gasteiger partial charge >= 0.3 is 5.97 Å². The molecule has 7 heteroatoms. The Morgan fingerprint density at radius 3 is 2.95 bits per heavy atom. The van der Waals surface area contributed by atoms with E-state index in [4.69, 9.17) is 26.0 Å². The fourth-order valence-electron chi connectivity index (χ4n) is 1.63. The van der Waals surface area contributed by atoms with Crippen molar-refractivity contribution in [3.63, 3.8) is 0 Å². The molecule has 0 fully saturated rings. The van der Waals surface area contributed by atoms with E-state index >= 15 is 0 Å². The van der Waals surface area contributed by atoms with Crippen LogP contribution in [-0.2, 0) is 9.53 Å². The Balaban J connectivity index is 1.93. The molecule has 0 atom stereocenters. The zero-order chi connectivity index (χ0) is 15.2. The molecule has 21 heavy (non-hydrogen) atoms. The summed E-state index contributed by atoms with van der Waals surface area (Å²) in [6, 6.07) is 8.33. The molecular formula is C14H11ClN2O4. The van der Waals surface area contributed by atoms with Crippen molar-refractivity contribution in [3.05, 3.63) is 35.0 Å². The molecule has 1 aromatic carbocycles. The Morgan fingerprint density at radius 1 is 1.38 bits per heavy atom. The number of fused-ring (bicyclic) bond motifs is 1. The molecule has 0 aliphatic heterocycles. The minimum atomic E-state index is -0.738. The molecule has 0 unspecified atom stereocenters. The number of nitrogens with zero attached hydrogens (tertiary/aromatic N) is 1. The average molecular weight is 307 g/mol. The predicted octanol–water partition coefficient (Wildman–Crippen LogP) is 2.27. The summed E-state index contributed by atoms with van der Waals surface area (Å²) in [4.78, 5) is 23.1. The van der Waals surface area contributed by atoms with E-state index in [1.54, 1.807) is 18.2 Å². The van der Waals surface area contributed by atoms with Crippen molar-refractivity contribution >= 4 is 34.4 Å². The van der Waals surface area contributed by atoms with E-state index in [2.05, 4.69) is 5.32 Å². The first-order valence-electron chi connectivity index (χ1n) is 6.10. The molecule has 1 amide bonds. The number of ether oxygens (including phenoxy) is 1. The zero-order valence-corrected chi connectivity index (χ0v) is 11.6. The van der Waals surface area contributed by atoms with Gasteiger partial charge in [-0.3, -0.25) is 4.79 Å². The molecule has 0 saturated heterocycles. The number of nitrogens with one attached hydrogen (secondary N) is 1. The van der Waals surface area contributed by atoms with Gasteiger partial charge in [0, 0.05) is 17.0 Å². The molecule has 0 spiro atoms. The monoisotopic (exact) mass is 306 g/mol. The Labute approximate surface area is 125 Å². The number of hydrogen-bond acceptors (Lipinski definition) is 5. The molecule has 108 valence electrons. The lowest BCUT2D eigenvalue weighted by atomic mass is 10.2. The number of carbonyl (C=O) groups excluding carboxylic acids is 2. The van der Waals surface area contributed by atoms with E-state index in [1.807, 2.05) is 6.07 Å². The molecule has 0 aliphatic rings. The predicted molar refractivity (Wildman–Crippen MR) is 74.7 cm³/mol. The van der Waals surface area contributed by atoms with Crippen LogP contribution in [0.5, 0.6) is 0 Å². The first-order valence-corrected chi connectivity index (χ1v) is 6.48. The van der Waals surface area contributed by atoms with Crippen LogP contribution in [0.2, 0.25) is 5.02 Å². The second-order valence-electron chi connectivity index (χ2n) is 4.13. The van der Waals surface area contributed by atoms with Gasteiger partial charge in [-0.25, -0.2) is 4.79 Å². The maximum absolute atomic E-state index is 11.8. The number of nitriles is 1. The fraction of sp³-hybridized carbons (Fsp3) is 0.214. The van der Waals surface area contributed by atoms with Crippen LogP contribution in [0.15, 0.2) is 28.7 Å². The average Bonchev–Trinajstić information content (AvgIpc) is 2.88. The quantitative estimate of drug-likeness (QED) is 0.675. The third-order valence-electron chi connectivity index (χ3n) is 2.57. The van der Waals surface area contributed by atoms with Gasteiger partial charge in [0.05, 0.1) is 12.5 Å². The second kappa shape index (κ2) is 6.77. The van der Waals surface area contributed by atoms with Crippen LogP contribution >= 0.6 is 11.6 Å². The summed E-state index contributed by atoms with van der Waals surface area (Å²) in [5.74, 6) is -1.22. The Morgan fingerprint density at radius 2 is 2.19 bits per heavy atom. The summed E-state index contributed by atoms with van der Waals surface area (Å²) in [6.07, 6.45) is 0.198. The summed E-state index contributed by atoms with van der Waals surface area (Å²) < 4.78 is 10.1. The summed E-state index contributed by atoms with van der Waals surface area (Å²) in [6.45, 7) is -0.210. The summed E-state index contributed by atoms with van der Waals surface area (Å²) in [5, 5.41) is 12.0. The van der Waals surface area contributed by atoms with E-state index in [-0.39, 0.29) is 18.7 Å². The highest BCUT2D eigenvalue weighted by Crippen LogP contribution is 2.23. The number of amides is 1. The van der Waals surface area contributed by atoms with Gasteiger partial charge in [-0.1, -0.05) is 11.6 Å². The number of esters is 1. The third-order valence-corrected chi connectivity index (χ3v) is 2.81. The largest absolute Gasteiger partial charge is 0.450 e. The Hall–Kier alpha value is -2.52. The topological polar surface area (TPSA) is 92.3 Å². The van der Waals surface area contributed by atoms with Gasteiger partial charge in [0.2, 0.25) is 5.76 Å². The number of carbonyl (C=O) groups is 2. The molecule has 0 aliphatic carbocycles.